The van der Waals surface area contributed by atoms with Crippen LogP contribution in [0.5, 0.6) is 5.75 Å². The maximum atomic E-state index is 12.9. The normalized spacial score (nSPS) is 15.7. The van der Waals surface area contributed by atoms with E-state index >= 15 is 0 Å². The van der Waals surface area contributed by atoms with Gasteiger partial charge in [0.1, 0.15) is 16.9 Å². The number of nitrogens with one attached hydrogen (secondary N) is 1. The topological polar surface area (TPSA) is 58.6 Å². The lowest BCUT2D eigenvalue weighted by Crippen LogP contribution is -2.27. The molecule has 1 fully saturated rings. The van der Waals surface area contributed by atoms with Crippen molar-refractivity contribution in [1.29, 1.82) is 0 Å². The summed E-state index contributed by atoms with van der Waals surface area (Å²) in [7, 11) is 0. The number of carbonyl (C=O) groups excluding carboxylic acids is 2. The van der Waals surface area contributed by atoms with Crippen LogP contribution in [0.1, 0.15) is 16.5 Å². The van der Waals surface area contributed by atoms with E-state index in [1.165, 1.54) is 29.8 Å². The highest BCUT2D eigenvalue weighted by atomic mass is 32.2. The molecule has 3 aromatic carbocycles. The van der Waals surface area contributed by atoms with Gasteiger partial charge >= 0.3 is 0 Å². The molecule has 0 saturated carbocycles. The molecule has 158 valence electrons. The molecule has 31 heavy (non-hydrogen) atoms. The third-order valence-electron chi connectivity index (χ3n) is 4.84. The van der Waals surface area contributed by atoms with Crippen LogP contribution in [0.4, 0.5) is 15.8 Å². The number of hydrogen-bond acceptors (Lipinski definition) is 4. The first-order valence-corrected chi connectivity index (χ1v) is 10.8. The molecule has 2 amide bonds. The molecule has 0 aliphatic carbocycles. The summed E-state index contributed by atoms with van der Waals surface area (Å²) < 4.78 is 18.5. The summed E-state index contributed by atoms with van der Waals surface area (Å²) in [5.41, 5.74) is 3.54. The highest BCUT2D eigenvalue weighted by Gasteiger charge is 2.33. The largest absolute Gasteiger partial charge is 0.484 e. The molecule has 0 aromatic heterocycles. The quantitative estimate of drug-likeness (QED) is 0.595. The van der Waals surface area contributed by atoms with E-state index in [0.717, 1.165) is 11.3 Å². The molecule has 1 atom stereocenters. The number of hydrogen-bond donors (Lipinski definition) is 1. The van der Waals surface area contributed by atoms with Gasteiger partial charge in [0.15, 0.2) is 6.61 Å². The average Bonchev–Trinajstić information content (AvgIpc) is 3.16. The monoisotopic (exact) mass is 436 g/mol. The molecular weight excluding hydrogens is 415 g/mol. The zero-order valence-corrected chi connectivity index (χ0v) is 17.7. The first kappa shape index (κ1) is 20.9. The van der Waals surface area contributed by atoms with Gasteiger partial charge in [0.05, 0.1) is 5.75 Å². The third-order valence-corrected chi connectivity index (χ3v) is 6.06. The van der Waals surface area contributed by atoms with Crippen molar-refractivity contribution in [2.24, 2.45) is 0 Å². The fourth-order valence-corrected chi connectivity index (χ4v) is 4.44. The fourth-order valence-electron chi connectivity index (χ4n) is 3.26. The molecule has 5 nitrogen and oxygen atoms in total. The van der Waals surface area contributed by atoms with E-state index in [0.29, 0.717) is 17.2 Å². The fraction of sp³-hybridized carbons (Fsp3) is 0.167. The molecule has 1 saturated heterocycles. The molecule has 3 aromatic rings. The van der Waals surface area contributed by atoms with Crippen molar-refractivity contribution < 1.29 is 18.7 Å². The molecule has 1 aliphatic heterocycles. The van der Waals surface area contributed by atoms with Crippen LogP contribution in [-0.2, 0) is 9.59 Å². The Labute approximate surface area is 184 Å². The Hall–Kier alpha value is -3.32. The number of amides is 2. The molecule has 0 bridgehead atoms. The van der Waals surface area contributed by atoms with E-state index in [-0.39, 0.29) is 29.6 Å². The van der Waals surface area contributed by atoms with Crippen LogP contribution >= 0.6 is 11.8 Å². The van der Waals surface area contributed by atoms with Gasteiger partial charge in [0, 0.05) is 11.4 Å². The Kier molecular flexibility index (Phi) is 6.23. The Morgan fingerprint density at radius 3 is 2.42 bits per heavy atom. The van der Waals surface area contributed by atoms with Crippen molar-refractivity contribution >= 4 is 35.0 Å². The predicted octanol–water partition coefficient (Wildman–Crippen LogP) is 4.93. The maximum absolute atomic E-state index is 12.9. The second-order valence-electron chi connectivity index (χ2n) is 7.18. The number of anilines is 2. The minimum absolute atomic E-state index is 0.0583. The Bertz CT molecular complexity index is 1070. The van der Waals surface area contributed by atoms with Gasteiger partial charge in [-0.2, -0.15) is 0 Å². The SMILES string of the molecule is Cc1ccc(C2SCC(=O)N2c2ccc(OCC(=O)Nc3ccc(F)cc3)cc2)cc1. The number of rotatable bonds is 6. The second kappa shape index (κ2) is 9.22. The van der Waals surface area contributed by atoms with Gasteiger partial charge < -0.3 is 10.1 Å². The summed E-state index contributed by atoms with van der Waals surface area (Å²) in [6.07, 6.45) is 0. The van der Waals surface area contributed by atoms with Gasteiger partial charge in [-0.3, -0.25) is 14.5 Å². The van der Waals surface area contributed by atoms with Gasteiger partial charge in [-0.1, -0.05) is 29.8 Å². The second-order valence-corrected chi connectivity index (χ2v) is 8.24. The van der Waals surface area contributed by atoms with Crippen LogP contribution in [0, 0.1) is 12.7 Å². The number of halogens is 1. The summed E-state index contributed by atoms with van der Waals surface area (Å²) in [5.74, 6) is 0.294. The van der Waals surface area contributed by atoms with E-state index in [2.05, 4.69) is 17.4 Å². The van der Waals surface area contributed by atoms with Crippen molar-refractivity contribution in [2.75, 3.05) is 22.6 Å². The minimum atomic E-state index is -0.367. The summed E-state index contributed by atoms with van der Waals surface area (Å²) >= 11 is 1.60. The Morgan fingerprint density at radius 2 is 1.74 bits per heavy atom. The van der Waals surface area contributed by atoms with Crippen LogP contribution in [0.2, 0.25) is 0 Å². The zero-order valence-electron chi connectivity index (χ0n) is 16.9. The highest BCUT2D eigenvalue weighted by molar-refractivity contribution is 8.00. The van der Waals surface area contributed by atoms with Gasteiger partial charge in [-0.15, -0.1) is 11.8 Å². The Balaban J connectivity index is 1.38. The van der Waals surface area contributed by atoms with Crippen molar-refractivity contribution in [1.82, 2.24) is 0 Å². The first-order valence-electron chi connectivity index (χ1n) is 9.78. The smallest absolute Gasteiger partial charge is 0.262 e. The van der Waals surface area contributed by atoms with Crippen LogP contribution in [-0.4, -0.2) is 24.2 Å². The average molecular weight is 437 g/mol. The van der Waals surface area contributed by atoms with E-state index < -0.39 is 0 Å². The van der Waals surface area contributed by atoms with E-state index in [4.69, 9.17) is 4.74 Å². The maximum Gasteiger partial charge on any atom is 0.262 e. The van der Waals surface area contributed by atoms with Crippen molar-refractivity contribution in [3.63, 3.8) is 0 Å². The molecule has 0 spiro atoms. The minimum Gasteiger partial charge on any atom is -0.484 e. The molecular formula is C24H21FN2O3S. The number of thioether (sulfide) groups is 1. The highest BCUT2D eigenvalue weighted by Crippen LogP contribution is 2.42. The lowest BCUT2D eigenvalue weighted by atomic mass is 10.1. The standard InChI is InChI=1S/C24H21FN2O3S/c1-16-2-4-17(5-3-16)24-27(23(29)15-31-24)20-10-12-21(13-11-20)30-14-22(28)26-19-8-6-18(25)7-9-19/h2-13,24H,14-15H2,1H3,(H,26,28). The molecule has 7 heteroatoms. The van der Waals surface area contributed by atoms with Crippen LogP contribution in [0.25, 0.3) is 0 Å². The molecule has 1 aliphatic rings. The predicted molar refractivity (Wildman–Crippen MR) is 121 cm³/mol. The van der Waals surface area contributed by atoms with Gasteiger partial charge in [-0.25, -0.2) is 4.39 Å². The number of benzene rings is 3. The number of aryl methyl sites for hydroxylation is 1. The number of ether oxygens (including phenoxy) is 1. The van der Waals surface area contributed by atoms with E-state index in [1.807, 2.05) is 31.2 Å². The summed E-state index contributed by atoms with van der Waals surface area (Å²) in [5, 5.41) is 2.57. The van der Waals surface area contributed by atoms with Crippen molar-refractivity contribution in [3.05, 3.63) is 89.7 Å². The molecule has 1 N–H and O–H groups in total. The van der Waals surface area contributed by atoms with Gasteiger partial charge in [-0.05, 0) is 61.0 Å². The van der Waals surface area contributed by atoms with E-state index in [9.17, 15) is 14.0 Å². The van der Waals surface area contributed by atoms with Crippen LogP contribution < -0.4 is 15.0 Å². The molecule has 0 radical (unpaired) electrons. The Morgan fingerprint density at radius 1 is 1.06 bits per heavy atom. The lowest BCUT2D eigenvalue weighted by molar-refractivity contribution is -0.118. The van der Waals surface area contributed by atoms with Crippen molar-refractivity contribution in [3.8, 4) is 5.75 Å². The van der Waals surface area contributed by atoms with Crippen molar-refractivity contribution in [2.45, 2.75) is 12.3 Å². The van der Waals surface area contributed by atoms with Gasteiger partial charge in [0.25, 0.3) is 5.91 Å². The van der Waals surface area contributed by atoms with Gasteiger partial charge in [0.2, 0.25) is 5.91 Å². The number of carbonyl (C=O) groups is 2. The van der Waals surface area contributed by atoms with Crippen LogP contribution in [0.3, 0.4) is 0 Å². The summed E-state index contributed by atoms with van der Waals surface area (Å²) in [4.78, 5) is 26.3. The molecule has 1 heterocycles. The van der Waals surface area contributed by atoms with Crippen LogP contribution in [0.15, 0.2) is 72.8 Å². The first-order chi connectivity index (χ1) is 15.0. The number of nitrogens with zero attached hydrogens (tertiary/aromatic N) is 1. The summed E-state index contributed by atoms with van der Waals surface area (Å²) in [6, 6.07) is 20.8. The third kappa shape index (κ3) is 5.06. The molecule has 1 unspecified atom stereocenters. The van der Waals surface area contributed by atoms with E-state index in [1.54, 1.807) is 28.8 Å². The molecule has 4 rings (SSSR count). The lowest BCUT2D eigenvalue weighted by Gasteiger charge is -2.24. The zero-order chi connectivity index (χ0) is 21.8. The summed E-state index contributed by atoms with van der Waals surface area (Å²) in [6.45, 7) is 1.86.